The largest absolute Gasteiger partial charge is 0.475 e. The van der Waals surface area contributed by atoms with Crippen molar-refractivity contribution >= 4 is 23.4 Å². The van der Waals surface area contributed by atoms with Crippen LogP contribution in [-0.2, 0) is 4.79 Å². The zero-order valence-corrected chi connectivity index (χ0v) is 6.40. The Labute approximate surface area is 79.2 Å². The van der Waals surface area contributed by atoms with Crippen LogP contribution in [0.3, 0.4) is 0 Å². The minimum absolute atomic E-state index is 0.585. The van der Waals surface area contributed by atoms with Gasteiger partial charge in [-0.05, 0) is 12.1 Å². The summed E-state index contributed by atoms with van der Waals surface area (Å²) in [5, 5.41) is 7.89. The molecule has 1 aromatic carbocycles. The molecule has 4 heteroatoms. The Balaban J connectivity index is 3.64. The Hall–Kier alpha value is -1.35. The van der Waals surface area contributed by atoms with E-state index in [0.717, 1.165) is 0 Å². The van der Waals surface area contributed by atoms with Gasteiger partial charge in [-0.3, -0.25) is 4.79 Å². The van der Waals surface area contributed by atoms with Crippen LogP contribution in [0.2, 0.25) is 5.02 Å². The standard InChI is InChI=1S/C8H5ClO3/c9-6-4-2-1-3-5(6)7(10)8(11)12/h1-4H,(H,11,12)/i1D,2D,3D,4D,7+1. The highest BCUT2D eigenvalue weighted by Gasteiger charge is 2.16. The van der Waals surface area contributed by atoms with Gasteiger partial charge < -0.3 is 5.11 Å². The number of hydrogen-bond acceptors (Lipinski definition) is 2. The van der Waals surface area contributed by atoms with Gasteiger partial charge in [0.1, 0.15) is 0 Å². The van der Waals surface area contributed by atoms with E-state index in [0.29, 0.717) is 0 Å². The molecule has 1 N–H and O–H groups in total. The van der Waals surface area contributed by atoms with Gasteiger partial charge in [-0.1, -0.05) is 23.7 Å². The molecule has 0 aromatic heterocycles. The Bertz CT molecular complexity index is 472. The average molecular weight is 190 g/mol. The fourth-order valence-electron chi connectivity index (χ4n) is 0.561. The Morgan fingerprint density at radius 2 is 2.00 bits per heavy atom. The monoisotopic (exact) mass is 189 g/mol. The zero-order chi connectivity index (χ0) is 12.6. The lowest BCUT2D eigenvalue weighted by Gasteiger charge is -1.96. The van der Waals surface area contributed by atoms with E-state index in [2.05, 4.69) is 0 Å². The van der Waals surface area contributed by atoms with E-state index in [-0.39, 0.29) is 0 Å². The number of Topliss-reactive ketones (excluding diaryl/α,β-unsaturated/α-hetero) is 1. The summed E-state index contributed by atoms with van der Waals surface area (Å²) in [4.78, 5) is 21.6. The van der Waals surface area contributed by atoms with Crippen LogP contribution in [0.4, 0.5) is 0 Å². The normalized spacial score (nSPS) is 14.1. The quantitative estimate of drug-likeness (QED) is 0.437. The van der Waals surface area contributed by atoms with Gasteiger partial charge in [0.25, 0.3) is 5.78 Å². The van der Waals surface area contributed by atoms with Gasteiger partial charge in [0.05, 0.1) is 10.5 Å². The highest BCUT2D eigenvalue weighted by atomic mass is 35.5. The summed E-state index contributed by atoms with van der Waals surface area (Å²) in [6.07, 6.45) is 0. The van der Waals surface area contributed by atoms with Gasteiger partial charge in [-0.15, -0.1) is 0 Å². The maximum Gasteiger partial charge on any atom is 0.377 e. The number of carbonyl (C=O) groups is 2. The summed E-state index contributed by atoms with van der Waals surface area (Å²) < 4.78 is 29.1. The minimum atomic E-state index is -1.83. The summed E-state index contributed by atoms with van der Waals surface area (Å²) in [6, 6.07) is -2.69. The second kappa shape index (κ2) is 3.36. The SMILES string of the molecule is [2H]c1c([2H])c([2H])c([13C](=O)C(=O)O)c(Cl)c1[2H]. The van der Waals surface area contributed by atoms with E-state index >= 15 is 0 Å². The fourth-order valence-corrected chi connectivity index (χ4v) is 0.741. The molecule has 62 valence electrons. The molecule has 1 rings (SSSR count). The lowest BCUT2D eigenvalue weighted by Crippen LogP contribution is -2.12. The molecule has 1 aromatic rings. The van der Waals surface area contributed by atoms with Gasteiger partial charge in [0.15, 0.2) is 0 Å². The smallest absolute Gasteiger partial charge is 0.377 e. The molecule has 0 saturated heterocycles. The summed E-state index contributed by atoms with van der Waals surface area (Å²) in [5.74, 6) is -3.29. The van der Waals surface area contributed by atoms with E-state index < -0.39 is 46.5 Å². The number of halogens is 1. The van der Waals surface area contributed by atoms with Crippen molar-refractivity contribution in [2.45, 2.75) is 0 Å². The topological polar surface area (TPSA) is 54.4 Å². The van der Waals surface area contributed by atoms with Crippen molar-refractivity contribution < 1.29 is 20.2 Å². The molecule has 0 heterocycles. The molecular formula is C8H5ClO3. The van der Waals surface area contributed by atoms with Crippen molar-refractivity contribution in [3.63, 3.8) is 0 Å². The predicted octanol–water partition coefficient (Wildman–Crippen LogP) is 1.61. The molecule has 12 heavy (non-hydrogen) atoms. The van der Waals surface area contributed by atoms with E-state index in [1.165, 1.54) is 0 Å². The summed E-state index contributed by atoms with van der Waals surface area (Å²) in [5.41, 5.74) is -0.722. The van der Waals surface area contributed by atoms with Crippen LogP contribution in [0.1, 0.15) is 15.8 Å². The van der Waals surface area contributed by atoms with Crippen LogP contribution >= 0.6 is 11.6 Å². The number of hydrogen-bond donors (Lipinski definition) is 1. The van der Waals surface area contributed by atoms with Crippen LogP contribution in [0.15, 0.2) is 24.2 Å². The Kier molecular flexibility index (Phi) is 1.30. The zero-order valence-electron chi connectivity index (χ0n) is 9.64. The van der Waals surface area contributed by atoms with Gasteiger partial charge >= 0.3 is 5.97 Å². The first-order chi connectivity index (χ1) is 7.29. The lowest BCUT2D eigenvalue weighted by atomic mass is 10.3. The molecule has 0 atom stereocenters. The number of aliphatic carboxylic acids is 1. The van der Waals surface area contributed by atoms with Crippen LogP contribution in [-0.4, -0.2) is 16.9 Å². The predicted molar refractivity (Wildman–Crippen MR) is 43.4 cm³/mol. The summed E-state index contributed by atoms with van der Waals surface area (Å²) >= 11 is 5.52. The molecule has 0 saturated carbocycles. The van der Waals surface area contributed by atoms with Gasteiger partial charge in [0.2, 0.25) is 0 Å². The van der Waals surface area contributed by atoms with Crippen molar-refractivity contribution in [3.8, 4) is 0 Å². The van der Waals surface area contributed by atoms with Crippen molar-refractivity contribution in [2.24, 2.45) is 0 Å². The third kappa shape index (κ3) is 1.62. The number of benzene rings is 1. The van der Waals surface area contributed by atoms with E-state index in [1.54, 1.807) is 0 Å². The summed E-state index contributed by atoms with van der Waals surface area (Å²) in [7, 11) is 0. The van der Waals surface area contributed by atoms with E-state index in [4.69, 9.17) is 22.2 Å². The lowest BCUT2D eigenvalue weighted by molar-refractivity contribution is -0.131. The van der Waals surface area contributed by atoms with Gasteiger partial charge in [-0.2, -0.15) is 0 Å². The van der Waals surface area contributed by atoms with Crippen molar-refractivity contribution in [1.29, 1.82) is 0 Å². The maximum absolute atomic E-state index is 11.2. The molecule has 0 aliphatic carbocycles. The highest BCUT2D eigenvalue weighted by molar-refractivity contribution is 6.44. The van der Waals surface area contributed by atoms with Crippen molar-refractivity contribution in [1.82, 2.24) is 0 Å². The second-order valence-electron chi connectivity index (χ2n) is 1.82. The first-order valence-electron chi connectivity index (χ1n) is 4.82. The second-order valence-corrected chi connectivity index (χ2v) is 2.20. The molecule has 0 bridgehead atoms. The fraction of sp³-hybridized carbons (Fsp3) is 0. The number of rotatable bonds is 2. The van der Waals surface area contributed by atoms with Gasteiger partial charge in [-0.25, -0.2) is 4.79 Å². The molecule has 3 nitrogen and oxygen atoms in total. The van der Waals surface area contributed by atoms with Crippen molar-refractivity contribution in [3.05, 3.63) is 34.8 Å². The first kappa shape index (κ1) is 4.62. The number of carboxylic acids is 1. The summed E-state index contributed by atoms with van der Waals surface area (Å²) in [6.45, 7) is 0. The Morgan fingerprint density at radius 3 is 2.58 bits per heavy atom. The van der Waals surface area contributed by atoms with E-state index in [1.807, 2.05) is 0 Å². The van der Waals surface area contributed by atoms with Crippen molar-refractivity contribution in [2.75, 3.05) is 0 Å². The number of ketones is 1. The Morgan fingerprint density at radius 1 is 1.42 bits per heavy atom. The van der Waals surface area contributed by atoms with Crippen LogP contribution in [0, 0.1) is 0 Å². The molecule has 0 aliphatic rings. The molecule has 0 spiro atoms. The molecule has 0 unspecified atom stereocenters. The highest BCUT2D eigenvalue weighted by Crippen LogP contribution is 2.15. The van der Waals surface area contributed by atoms with Gasteiger partial charge in [0, 0.05) is 5.56 Å². The molecule has 0 radical (unpaired) electrons. The molecular weight excluding hydrogens is 181 g/mol. The maximum atomic E-state index is 11.2. The number of carbonyl (C=O) groups excluding carboxylic acids is 1. The molecule has 0 fully saturated rings. The average Bonchev–Trinajstić information content (AvgIpc) is 2.23. The third-order valence-electron chi connectivity index (χ3n) is 1.06. The number of carboxylic acid groups (broad SMARTS) is 1. The van der Waals surface area contributed by atoms with Crippen LogP contribution in [0.5, 0.6) is 0 Å². The van der Waals surface area contributed by atoms with Crippen LogP contribution < -0.4 is 0 Å². The van der Waals surface area contributed by atoms with E-state index in [9.17, 15) is 9.59 Å². The van der Waals surface area contributed by atoms with Crippen LogP contribution in [0.25, 0.3) is 0 Å². The molecule has 0 aliphatic heterocycles. The third-order valence-corrected chi connectivity index (χ3v) is 1.35. The first-order valence-corrected chi connectivity index (χ1v) is 3.20. The minimum Gasteiger partial charge on any atom is -0.475 e. The molecule has 0 amide bonds.